The predicted octanol–water partition coefficient (Wildman–Crippen LogP) is 1.36. The van der Waals surface area contributed by atoms with E-state index < -0.39 is 10.0 Å². The summed E-state index contributed by atoms with van der Waals surface area (Å²) in [5.41, 5.74) is 0.332. The fourth-order valence-corrected chi connectivity index (χ4v) is 7.54. The van der Waals surface area contributed by atoms with E-state index >= 15 is 0 Å². The molecule has 3 aliphatic heterocycles. The van der Waals surface area contributed by atoms with Crippen LogP contribution in [0.2, 0.25) is 0 Å². The highest BCUT2D eigenvalue weighted by molar-refractivity contribution is 7.89. The lowest BCUT2D eigenvalue weighted by Crippen LogP contribution is -2.55. The number of rotatable bonds is 5. The van der Waals surface area contributed by atoms with Crippen LogP contribution in [-0.2, 0) is 10.0 Å². The van der Waals surface area contributed by atoms with Crippen molar-refractivity contribution in [1.82, 2.24) is 20.1 Å². The van der Waals surface area contributed by atoms with Gasteiger partial charge in [-0.15, -0.1) is 0 Å². The van der Waals surface area contributed by atoms with Crippen molar-refractivity contribution in [2.24, 2.45) is 0 Å². The van der Waals surface area contributed by atoms with E-state index in [9.17, 15) is 13.2 Å². The largest absolute Gasteiger partial charge is 0.360 e. The van der Waals surface area contributed by atoms with Gasteiger partial charge in [-0.05, 0) is 64.5 Å². The molecule has 0 aromatic carbocycles. The van der Waals surface area contributed by atoms with E-state index in [-0.39, 0.29) is 29.3 Å². The van der Waals surface area contributed by atoms with E-state index in [1.807, 2.05) is 0 Å². The number of nitrogens with one attached hydrogen (secondary N) is 2. The van der Waals surface area contributed by atoms with Gasteiger partial charge in [-0.3, -0.25) is 4.79 Å². The Labute approximate surface area is 165 Å². The van der Waals surface area contributed by atoms with Gasteiger partial charge in [0.2, 0.25) is 10.0 Å². The normalized spacial score (nSPS) is 31.8. The van der Waals surface area contributed by atoms with E-state index in [1.54, 1.807) is 10.4 Å². The number of aromatic nitrogens is 1. The van der Waals surface area contributed by atoms with Crippen LogP contribution in [0.3, 0.4) is 0 Å². The van der Waals surface area contributed by atoms with Crippen LogP contribution in [0.5, 0.6) is 0 Å². The van der Waals surface area contributed by atoms with Gasteiger partial charge in [-0.2, -0.15) is 4.31 Å². The highest BCUT2D eigenvalue weighted by Gasteiger charge is 2.49. The summed E-state index contributed by atoms with van der Waals surface area (Å²) >= 11 is 0. The highest BCUT2D eigenvalue weighted by atomic mass is 32.2. The van der Waals surface area contributed by atoms with Crippen molar-refractivity contribution in [3.05, 3.63) is 17.5 Å². The number of fused-ring (bicyclic) bond motifs is 2. The Morgan fingerprint density at radius 2 is 1.79 bits per heavy atom. The second-order valence-corrected chi connectivity index (χ2v) is 10.9. The third kappa shape index (κ3) is 3.37. The van der Waals surface area contributed by atoms with Crippen LogP contribution in [-0.4, -0.2) is 60.3 Å². The summed E-state index contributed by atoms with van der Waals surface area (Å²) in [6.07, 6.45) is 6.71. The summed E-state index contributed by atoms with van der Waals surface area (Å²) in [6, 6.07) is 1.75. The maximum atomic E-state index is 13.2. The van der Waals surface area contributed by atoms with Crippen LogP contribution in [0.1, 0.15) is 73.5 Å². The molecule has 5 rings (SSSR count). The molecule has 4 heterocycles. The molecule has 4 fully saturated rings. The monoisotopic (exact) mass is 408 g/mol. The van der Waals surface area contributed by atoms with Gasteiger partial charge in [0.15, 0.2) is 5.69 Å². The van der Waals surface area contributed by atoms with Crippen molar-refractivity contribution >= 4 is 15.9 Å². The minimum atomic E-state index is -3.27. The van der Waals surface area contributed by atoms with E-state index in [4.69, 9.17) is 4.52 Å². The molecule has 3 saturated heterocycles. The van der Waals surface area contributed by atoms with Crippen LogP contribution in [0.25, 0.3) is 0 Å². The maximum absolute atomic E-state index is 13.2. The second-order valence-electron chi connectivity index (χ2n) is 8.74. The molecule has 1 aromatic rings. The average Bonchev–Trinajstić information content (AvgIpc) is 3.35. The van der Waals surface area contributed by atoms with E-state index in [0.29, 0.717) is 37.3 Å². The fraction of sp³-hybridized carbons (Fsp3) is 0.789. The number of sulfonamides is 1. The molecule has 2 bridgehead atoms. The van der Waals surface area contributed by atoms with Crippen molar-refractivity contribution in [1.29, 1.82) is 0 Å². The van der Waals surface area contributed by atoms with Crippen molar-refractivity contribution in [2.75, 3.05) is 13.1 Å². The maximum Gasteiger partial charge on any atom is 0.273 e. The Morgan fingerprint density at radius 3 is 2.43 bits per heavy atom. The summed E-state index contributed by atoms with van der Waals surface area (Å²) in [6.45, 7) is 1.54. The van der Waals surface area contributed by atoms with Crippen LogP contribution in [0.15, 0.2) is 10.6 Å². The molecule has 3 atom stereocenters. The molecule has 8 nitrogen and oxygen atoms in total. The van der Waals surface area contributed by atoms with E-state index in [0.717, 1.165) is 44.5 Å². The van der Waals surface area contributed by atoms with Crippen molar-refractivity contribution in [2.45, 2.75) is 80.7 Å². The Balaban J connectivity index is 1.24. The topological polar surface area (TPSA) is 105 Å². The van der Waals surface area contributed by atoms with E-state index in [2.05, 4.69) is 15.8 Å². The third-order valence-electron chi connectivity index (χ3n) is 6.74. The quantitative estimate of drug-likeness (QED) is 0.762. The first-order chi connectivity index (χ1) is 13.5. The summed E-state index contributed by atoms with van der Waals surface area (Å²) in [4.78, 5) is 12.6. The van der Waals surface area contributed by atoms with Gasteiger partial charge in [0.25, 0.3) is 5.91 Å². The highest BCUT2D eigenvalue weighted by Crippen LogP contribution is 2.41. The second kappa shape index (κ2) is 7.11. The molecule has 28 heavy (non-hydrogen) atoms. The molecule has 1 saturated carbocycles. The molecule has 1 aromatic heterocycles. The van der Waals surface area contributed by atoms with E-state index in [1.165, 1.54) is 0 Å². The molecule has 4 aliphatic rings. The van der Waals surface area contributed by atoms with Gasteiger partial charge >= 0.3 is 0 Å². The fourth-order valence-electron chi connectivity index (χ4n) is 5.15. The number of carbonyl (C=O) groups excluding carboxylic acids is 1. The number of nitrogens with zero attached hydrogens (tertiary/aromatic N) is 2. The number of piperidine rings is 2. The van der Waals surface area contributed by atoms with Crippen LogP contribution >= 0.6 is 0 Å². The summed E-state index contributed by atoms with van der Waals surface area (Å²) in [7, 11) is -3.27. The summed E-state index contributed by atoms with van der Waals surface area (Å²) in [5.74, 6) is 1.01. The van der Waals surface area contributed by atoms with Crippen molar-refractivity contribution < 1.29 is 17.7 Å². The standard InChI is InChI=1S/C19H28N4O4S/c24-19(17-11-18(27-22-17)12-1-2-12)21-13-9-14-3-4-15(10-13)23(14)28(25,26)16-5-7-20-8-6-16/h11-16,20H,1-10H2,(H,21,24)/t13-,14+,15-. The Morgan fingerprint density at radius 1 is 1.11 bits per heavy atom. The van der Waals surface area contributed by atoms with Crippen LogP contribution in [0, 0.1) is 0 Å². The number of hydrogen-bond acceptors (Lipinski definition) is 6. The first-order valence-corrected chi connectivity index (χ1v) is 12.0. The zero-order chi connectivity index (χ0) is 19.3. The lowest BCUT2D eigenvalue weighted by Gasteiger charge is -2.40. The third-order valence-corrected chi connectivity index (χ3v) is 9.24. The smallest absolute Gasteiger partial charge is 0.273 e. The molecule has 0 spiro atoms. The Bertz CT molecular complexity index is 830. The van der Waals surface area contributed by atoms with Crippen LogP contribution < -0.4 is 10.6 Å². The molecular weight excluding hydrogens is 380 g/mol. The zero-order valence-corrected chi connectivity index (χ0v) is 16.8. The van der Waals surface area contributed by atoms with Gasteiger partial charge in [-0.1, -0.05) is 5.16 Å². The first-order valence-electron chi connectivity index (χ1n) is 10.5. The lowest BCUT2D eigenvalue weighted by atomic mass is 9.99. The molecule has 0 radical (unpaired) electrons. The Kier molecular flexibility index (Phi) is 4.71. The minimum absolute atomic E-state index is 0.00303. The lowest BCUT2D eigenvalue weighted by molar-refractivity contribution is 0.0899. The summed E-state index contributed by atoms with van der Waals surface area (Å²) in [5, 5.41) is 9.96. The zero-order valence-electron chi connectivity index (χ0n) is 16.0. The van der Waals surface area contributed by atoms with Gasteiger partial charge < -0.3 is 15.2 Å². The van der Waals surface area contributed by atoms with Crippen LogP contribution in [0.4, 0.5) is 0 Å². The molecular formula is C19H28N4O4S. The van der Waals surface area contributed by atoms with Crippen molar-refractivity contribution in [3.8, 4) is 0 Å². The molecule has 9 heteroatoms. The molecule has 1 amide bonds. The Hall–Kier alpha value is -1.45. The first kappa shape index (κ1) is 18.6. The molecule has 0 unspecified atom stereocenters. The number of carbonyl (C=O) groups is 1. The number of hydrogen-bond donors (Lipinski definition) is 2. The minimum Gasteiger partial charge on any atom is -0.360 e. The predicted molar refractivity (Wildman–Crippen MR) is 102 cm³/mol. The SMILES string of the molecule is O=C(N[C@H]1C[C@H]2CC[C@@H](C1)N2S(=O)(=O)C1CCNCC1)c1cc(C2CC2)on1. The molecule has 154 valence electrons. The van der Waals surface area contributed by atoms with Gasteiger partial charge in [0.1, 0.15) is 5.76 Å². The summed E-state index contributed by atoms with van der Waals surface area (Å²) < 4.78 is 33.5. The number of amides is 1. The average molecular weight is 409 g/mol. The van der Waals surface area contributed by atoms with Gasteiger partial charge in [0.05, 0.1) is 5.25 Å². The van der Waals surface area contributed by atoms with Gasteiger partial charge in [-0.25, -0.2) is 8.42 Å². The molecule has 1 aliphatic carbocycles. The van der Waals surface area contributed by atoms with Gasteiger partial charge in [0, 0.05) is 30.1 Å². The molecule has 2 N–H and O–H groups in total. The van der Waals surface area contributed by atoms with Crippen molar-refractivity contribution in [3.63, 3.8) is 0 Å².